The van der Waals surface area contributed by atoms with Gasteiger partial charge in [-0.25, -0.2) is 8.78 Å². The summed E-state index contributed by atoms with van der Waals surface area (Å²) in [6.07, 6.45) is -0.0189. The van der Waals surface area contributed by atoms with Crippen LogP contribution in [-0.4, -0.2) is 12.9 Å². The molecule has 0 aromatic heterocycles. The Hall–Kier alpha value is -1.29. The Morgan fingerprint density at radius 3 is 2.64 bits per heavy atom. The highest BCUT2D eigenvalue weighted by Crippen LogP contribution is 2.34. The van der Waals surface area contributed by atoms with Crippen molar-refractivity contribution in [2.24, 2.45) is 0 Å². The maximum absolute atomic E-state index is 13.3. The van der Waals surface area contributed by atoms with Gasteiger partial charge in [0.1, 0.15) is 6.10 Å². The molecule has 1 aromatic rings. The maximum atomic E-state index is 13.3. The van der Waals surface area contributed by atoms with Crippen molar-refractivity contribution in [3.8, 4) is 0 Å². The molecule has 14 heavy (non-hydrogen) atoms. The minimum absolute atomic E-state index is 0.200. The summed E-state index contributed by atoms with van der Waals surface area (Å²) in [5.74, 6) is -2.05. The molecule has 0 aliphatic carbocycles. The predicted octanol–water partition coefficient (Wildman–Crippen LogP) is 2.16. The first-order valence-corrected chi connectivity index (χ1v) is 4.20. The molecule has 0 spiro atoms. The van der Waals surface area contributed by atoms with Crippen LogP contribution < -0.4 is 0 Å². The minimum Gasteiger partial charge on any atom is -0.368 e. The predicted molar refractivity (Wildman–Crippen MR) is 45.2 cm³/mol. The topological polar surface area (TPSA) is 29.6 Å². The van der Waals surface area contributed by atoms with Crippen LogP contribution in [0, 0.1) is 18.6 Å². The Bertz CT molecular complexity index is 398. The molecule has 0 N–H and O–H groups in total. The number of carbonyl (C=O) groups excluding carboxylic acids is 1. The van der Waals surface area contributed by atoms with Crippen molar-refractivity contribution in [2.45, 2.75) is 13.0 Å². The number of aldehydes is 1. The van der Waals surface area contributed by atoms with Gasteiger partial charge in [-0.15, -0.1) is 0 Å². The smallest absolute Gasteiger partial charge is 0.169 e. The van der Waals surface area contributed by atoms with E-state index in [0.29, 0.717) is 18.5 Å². The second-order valence-electron chi connectivity index (χ2n) is 3.26. The van der Waals surface area contributed by atoms with Crippen LogP contribution in [0.1, 0.15) is 27.6 Å². The van der Waals surface area contributed by atoms with Crippen LogP contribution in [0.5, 0.6) is 0 Å². The summed E-state index contributed by atoms with van der Waals surface area (Å²) in [5, 5.41) is 0. The molecule has 0 saturated carbocycles. The van der Waals surface area contributed by atoms with E-state index in [4.69, 9.17) is 4.74 Å². The lowest BCUT2D eigenvalue weighted by molar-refractivity contribution is 0.111. The van der Waals surface area contributed by atoms with Gasteiger partial charge in [-0.3, -0.25) is 4.79 Å². The van der Waals surface area contributed by atoms with E-state index in [9.17, 15) is 13.6 Å². The molecule has 1 fully saturated rings. The third kappa shape index (κ3) is 1.32. The number of hydrogen-bond donors (Lipinski definition) is 0. The molecule has 1 heterocycles. The number of halogens is 2. The van der Waals surface area contributed by atoms with Gasteiger partial charge in [-0.1, -0.05) is 0 Å². The zero-order valence-electron chi connectivity index (χ0n) is 7.51. The van der Waals surface area contributed by atoms with Gasteiger partial charge in [0.15, 0.2) is 17.9 Å². The minimum atomic E-state index is -1.08. The largest absolute Gasteiger partial charge is 0.368 e. The fraction of sp³-hybridized carbons (Fsp3) is 0.300. The van der Waals surface area contributed by atoms with Crippen molar-refractivity contribution < 1.29 is 18.3 Å². The Balaban J connectivity index is 2.60. The van der Waals surface area contributed by atoms with E-state index in [0.717, 1.165) is 0 Å². The van der Waals surface area contributed by atoms with Crippen LogP contribution in [-0.2, 0) is 4.74 Å². The van der Waals surface area contributed by atoms with E-state index >= 15 is 0 Å². The second-order valence-corrected chi connectivity index (χ2v) is 3.26. The standard InChI is InChI=1S/C10H8F2O2/c1-5-2-6(8-4-14-8)9(11)10(12)7(5)3-13/h2-3,8H,4H2,1H3. The van der Waals surface area contributed by atoms with Gasteiger partial charge >= 0.3 is 0 Å². The van der Waals surface area contributed by atoms with Gasteiger partial charge in [-0.2, -0.15) is 0 Å². The summed E-state index contributed by atoms with van der Waals surface area (Å²) in [6.45, 7) is 1.98. The molecule has 2 rings (SSSR count). The number of benzene rings is 1. The molecule has 0 radical (unpaired) electrons. The summed E-state index contributed by atoms with van der Waals surface area (Å²) in [4.78, 5) is 10.5. The van der Waals surface area contributed by atoms with E-state index in [2.05, 4.69) is 0 Å². The van der Waals surface area contributed by atoms with E-state index in [-0.39, 0.29) is 17.2 Å². The molecule has 4 heteroatoms. The lowest BCUT2D eigenvalue weighted by Crippen LogP contribution is -2.01. The molecule has 1 aliphatic heterocycles. The third-order valence-corrected chi connectivity index (χ3v) is 2.28. The fourth-order valence-electron chi connectivity index (χ4n) is 1.40. The van der Waals surface area contributed by atoms with Crippen LogP contribution in [0.4, 0.5) is 8.78 Å². The summed E-state index contributed by atoms with van der Waals surface area (Å²) in [7, 11) is 0. The molecule has 74 valence electrons. The zero-order chi connectivity index (χ0) is 10.3. The molecule has 0 bridgehead atoms. The first kappa shape index (κ1) is 9.27. The summed E-state index contributed by atoms with van der Waals surface area (Å²) in [5.41, 5.74) is 0.418. The second kappa shape index (κ2) is 3.13. The van der Waals surface area contributed by atoms with Gasteiger partial charge in [0.05, 0.1) is 12.2 Å². The summed E-state index contributed by atoms with van der Waals surface area (Å²) < 4.78 is 31.4. The van der Waals surface area contributed by atoms with Crippen molar-refractivity contribution in [1.29, 1.82) is 0 Å². The lowest BCUT2D eigenvalue weighted by Gasteiger charge is -2.05. The molecule has 0 amide bonds. The van der Waals surface area contributed by atoms with Crippen LogP contribution in [0.15, 0.2) is 6.07 Å². The highest BCUT2D eigenvalue weighted by atomic mass is 19.2. The van der Waals surface area contributed by atoms with Crippen LogP contribution in [0.2, 0.25) is 0 Å². The maximum Gasteiger partial charge on any atom is 0.169 e. The first-order chi connectivity index (χ1) is 6.65. The van der Waals surface area contributed by atoms with E-state index in [1.165, 1.54) is 6.07 Å². The Morgan fingerprint density at radius 1 is 1.50 bits per heavy atom. The number of hydrogen-bond acceptors (Lipinski definition) is 2. The Morgan fingerprint density at radius 2 is 2.14 bits per heavy atom. The van der Waals surface area contributed by atoms with Crippen LogP contribution in [0.3, 0.4) is 0 Å². The van der Waals surface area contributed by atoms with E-state index < -0.39 is 11.6 Å². The van der Waals surface area contributed by atoms with E-state index in [1.807, 2.05) is 0 Å². The Kier molecular flexibility index (Phi) is 2.07. The number of ether oxygens (including phenoxy) is 1. The Labute approximate surface area is 79.5 Å². The highest BCUT2D eigenvalue weighted by molar-refractivity contribution is 5.77. The molecular formula is C10H8F2O2. The van der Waals surface area contributed by atoms with Gasteiger partial charge < -0.3 is 4.74 Å². The molecule has 2 nitrogen and oxygen atoms in total. The van der Waals surface area contributed by atoms with Crippen LogP contribution >= 0.6 is 0 Å². The summed E-state index contributed by atoms with van der Waals surface area (Å²) in [6, 6.07) is 1.46. The normalized spacial score (nSPS) is 19.5. The first-order valence-electron chi connectivity index (χ1n) is 4.20. The number of epoxide rings is 1. The van der Waals surface area contributed by atoms with Crippen molar-refractivity contribution in [3.63, 3.8) is 0 Å². The number of rotatable bonds is 2. The fourth-order valence-corrected chi connectivity index (χ4v) is 1.40. The molecular weight excluding hydrogens is 190 g/mol. The molecule has 1 atom stereocenters. The molecule has 1 saturated heterocycles. The van der Waals surface area contributed by atoms with E-state index in [1.54, 1.807) is 6.92 Å². The van der Waals surface area contributed by atoms with Crippen molar-refractivity contribution in [1.82, 2.24) is 0 Å². The van der Waals surface area contributed by atoms with Gasteiger partial charge in [0.25, 0.3) is 0 Å². The highest BCUT2D eigenvalue weighted by Gasteiger charge is 2.30. The van der Waals surface area contributed by atoms with Gasteiger partial charge in [-0.05, 0) is 18.6 Å². The van der Waals surface area contributed by atoms with Crippen molar-refractivity contribution >= 4 is 6.29 Å². The average molecular weight is 198 g/mol. The SMILES string of the molecule is Cc1cc(C2CO2)c(F)c(F)c1C=O. The van der Waals surface area contributed by atoms with Gasteiger partial charge in [0, 0.05) is 5.56 Å². The number of aryl methyl sites for hydroxylation is 1. The average Bonchev–Trinajstić information content (AvgIpc) is 2.95. The van der Waals surface area contributed by atoms with Gasteiger partial charge in [0.2, 0.25) is 0 Å². The number of carbonyl (C=O) groups is 1. The molecule has 1 unspecified atom stereocenters. The molecule has 1 aliphatic rings. The van der Waals surface area contributed by atoms with Crippen molar-refractivity contribution in [2.75, 3.05) is 6.61 Å². The lowest BCUT2D eigenvalue weighted by atomic mass is 10.0. The van der Waals surface area contributed by atoms with Crippen LogP contribution in [0.25, 0.3) is 0 Å². The monoisotopic (exact) mass is 198 g/mol. The third-order valence-electron chi connectivity index (χ3n) is 2.28. The zero-order valence-corrected chi connectivity index (χ0v) is 7.51. The quantitative estimate of drug-likeness (QED) is 0.538. The van der Waals surface area contributed by atoms with Crippen molar-refractivity contribution in [3.05, 3.63) is 34.4 Å². The molecule has 1 aromatic carbocycles. The summed E-state index contributed by atoms with van der Waals surface area (Å²) >= 11 is 0.